The summed E-state index contributed by atoms with van der Waals surface area (Å²) in [4.78, 5) is 4.73. The zero-order valence-corrected chi connectivity index (χ0v) is 16.6. The fraction of sp³-hybridized carbons (Fsp3) is 0.650. The molecule has 0 bridgehead atoms. The van der Waals surface area contributed by atoms with Crippen molar-refractivity contribution in [3.8, 4) is 0 Å². The molecule has 3 rings (SSSR count). The molecule has 0 saturated heterocycles. The van der Waals surface area contributed by atoms with Crippen LogP contribution in [0.2, 0.25) is 0 Å². The molecule has 1 fully saturated rings. The van der Waals surface area contributed by atoms with E-state index < -0.39 is 0 Å². The normalized spacial score (nSPS) is 16.7. The van der Waals surface area contributed by atoms with E-state index in [4.69, 9.17) is 9.73 Å². The highest BCUT2D eigenvalue weighted by molar-refractivity contribution is 5.79. The smallest absolute Gasteiger partial charge is 0.191 e. The van der Waals surface area contributed by atoms with Crippen LogP contribution in [0.1, 0.15) is 51.8 Å². The van der Waals surface area contributed by atoms with E-state index in [0.29, 0.717) is 12.0 Å². The van der Waals surface area contributed by atoms with Gasteiger partial charge in [-0.1, -0.05) is 18.9 Å². The highest BCUT2D eigenvalue weighted by Crippen LogP contribution is 2.40. The van der Waals surface area contributed by atoms with Crippen LogP contribution < -0.4 is 10.6 Å². The lowest BCUT2D eigenvalue weighted by Crippen LogP contribution is -2.43. The third-order valence-corrected chi connectivity index (χ3v) is 5.38. The maximum Gasteiger partial charge on any atom is 0.191 e. The number of nitrogens with zero attached hydrogens (tertiary/aromatic N) is 4. The summed E-state index contributed by atoms with van der Waals surface area (Å²) in [5.41, 5.74) is 1.17. The van der Waals surface area contributed by atoms with Gasteiger partial charge in [-0.2, -0.15) is 0 Å². The Labute approximate surface area is 161 Å². The first-order valence-electron chi connectivity index (χ1n) is 10.1. The van der Waals surface area contributed by atoms with Gasteiger partial charge in [0.25, 0.3) is 0 Å². The van der Waals surface area contributed by atoms with Crippen molar-refractivity contribution in [1.29, 1.82) is 0 Å². The molecule has 0 amide bonds. The molecule has 0 aromatic carbocycles. The maximum absolute atomic E-state index is 5.62. The van der Waals surface area contributed by atoms with Gasteiger partial charge >= 0.3 is 0 Å². The predicted molar refractivity (Wildman–Crippen MR) is 108 cm³/mol. The fourth-order valence-corrected chi connectivity index (χ4v) is 3.83. The van der Waals surface area contributed by atoms with E-state index in [0.717, 1.165) is 50.2 Å². The molecular weight excluding hydrogens is 340 g/mol. The molecule has 0 atom stereocenters. The number of nitrogens with one attached hydrogen (secondary N) is 2. The van der Waals surface area contributed by atoms with Gasteiger partial charge in [0, 0.05) is 32.5 Å². The third-order valence-electron chi connectivity index (χ3n) is 5.38. The molecule has 0 unspecified atom stereocenters. The van der Waals surface area contributed by atoms with Gasteiger partial charge in [-0.3, -0.25) is 4.40 Å². The van der Waals surface area contributed by atoms with Gasteiger partial charge in [0.05, 0.1) is 0 Å². The molecule has 2 N–H and O–H groups in total. The van der Waals surface area contributed by atoms with E-state index in [1.54, 1.807) is 0 Å². The highest BCUT2D eigenvalue weighted by atomic mass is 16.5. The van der Waals surface area contributed by atoms with Crippen LogP contribution in [-0.2, 0) is 11.3 Å². The Hall–Kier alpha value is -2.15. The summed E-state index contributed by atoms with van der Waals surface area (Å²) in [6.45, 7) is 8.04. The lowest BCUT2D eigenvalue weighted by atomic mass is 9.83. The molecular formula is C20H32N6O. The highest BCUT2D eigenvalue weighted by Gasteiger charge is 2.33. The number of rotatable bonds is 9. The van der Waals surface area contributed by atoms with Crippen molar-refractivity contribution in [1.82, 2.24) is 25.2 Å². The second kappa shape index (κ2) is 9.69. The second-order valence-electron chi connectivity index (χ2n) is 7.25. The summed E-state index contributed by atoms with van der Waals surface area (Å²) < 4.78 is 7.60. The summed E-state index contributed by atoms with van der Waals surface area (Å²) in [6.07, 6.45) is 8.24. The summed E-state index contributed by atoms with van der Waals surface area (Å²) >= 11 is 0. The van der Waals surface area contributed by atoms with Crippen LogP contribution in [0.3, 0.4) is 0 Å². The van der Waals surface area contributed by atoms with Crippen LogP contribution in [0.15, 0.2) is 29.4 Å². The Morgan fingerprint density at radius 1 is 1.22 bits per heavy atom. The molecule has 148 valence electrons. The molecule has 1 aliphatic rings. The number of guanidine groups is 1. The Kier molecular flexibility index (Phi) is 7.04. The summed E-state index contributed by atoms with van der Waals surface area (Å²) in [7, 11) is 0. The van der Waals surface area contributed by atoms with E-state index in [-0.39, 0.29) is 0 Å². The lowest BCUT2D eigenvalue weighted by Gasteiger charge is -2.30. The first-order valence-corrected chi connectivity index (χ1v) is 10.1. The van der Waals surface area contributed by atoms with Crippen LogP contribution in [-0.4, -0.2) is 46.9 Å². The number of pyridine rings is 1. The van der Waals surface area contributed by atoms with Crippen molar-refractivity contribution in [2.45, 2.75) is 52.5 Å². The molecule has 2 heterocycles. The minimum absolute atomic E-state index is 0.326. The molecule has 1 aliphatic carbocycles. The van der Waals surface area contributed by atoms with Gasteiger partial charge < -0.3 is 15.4 Å². The van der Waals surface area contributed by atoms with E-state index in [2.05, 4.69) is 34.7 Å². The van der Waals surface area contributed by atoms with Crippen molar-refractivity contribution >= 4 is 11.6 Å². The molecule has 27 heavy (non-hydrogen) atoms. The average molecular weight is 373 g/mol. The van der Waals surface area contributed by atoms with Crippen molar-refractivity contribution in [2.24, 2.45) is 10.4 Å². The van der Waals surface area contributed by atoms with Gasteiger partial charge in [0.15, 0.2) is 17.4 Å². The van der Waals surface area contributed by atoms with E-state index >= 15 is 0 Å². The Morgan fingerprint density at radius 2 is 2.07 bits per heavy atom. The van der Waals surface area contributed by atoms with Gasteiger partial charge in [-0.05, 0) is 50.7 Å². The average Bonchev–Trinajstić information content (AvgIpc) is 3.32. The quantitative estimate of drug-likeness (QED) is 0.402. The van der Waals surface area contributed by atoms with Crippen LogP contribution in [0, 0.1) is 5.41 Å². The number of fused-ring (bicyclic) bond motifs is 1. The first-order chi connectivity index (χ1) is 13.3. The number of aliphatic imine (C=N–C) groups is 1. The summed E-state index contributed by atoms with van der Waals surface area (Å²) in [5, 5.41) is 15.4. The van der Waals surface area contributed by atoms with Gasteiger partial charge in [-0.15, -0.1) is 10.2 Å². The number of ether oxygens (including phenoxy) is 1. The summed E-state index contributed by atoms with van der Waals surface area (Å²) in [5.74, 6) is 1.68. The fourth-order valence-electron chi connectivity index (χ4n) is 3.83. The SMILES string of the molecule is CCNC(=NCc1nnc2ccccn12)NCC1(CCOCC)CCCC1. The van der Waals surface area contributed by atoms with Crippen molar-refractivity contribution in [3.05, 3.63) is 30.2 Å². The number of hydrogen-bond donors (Lipinski definition) is 2. The Balaban J connectivity index is 1.63. The Bertz CT molecular complexity index is 735. The molecule has 2 aromatic rings. The van der Waals surface area contributed by atoms with Gasteiger partial charge in [-0.25, -0.2) is 4.99 Å². The van der Waals surface area contributed by atoms with Crippen molar-refractivity contribution < 1.29 is 4.74 Å². The minimum atomic E-state index is 0.326. The molecule has 7 heteroatoms. The van der Waals surface area contributed by atoms with Gasteiger partial charge in [0.1, 0.15) is 6.54 Å². The minimum Gasteiger partial charge on any atom is -0.382 e. The molecule has 0 radical (unpaired) electrons. The monoisotopic (exact) mass is 372 g/mol. The predicted octanol–water partition coefficient (Wildman–Crippen LogP) is 2.77. The van der Waals surface area contributed by atoms with Crippen molar-refractivity contribution in [2.75, 3.05) is 26.3 Å². The Morgan fingerprint density at radius 3 is 2.85 bits per heavy atom. The van der Waals surface area contributed by atoms with E-state index in [1.807, 2.05) is 28.8 Å². The topological polar surface area (TPSA) is 75.8 Å². The van der Waals surface area contributed by atoms with E-state index in [9.17, 15) is 0 Å². The summed E-state index contributed by atoms with van der Waals surface area (Å²) in [6, 6.07) is 5.90. The van der Waals surface area contributed by atoms with Gasteiger partial charge in [0.2, 0.25) is 0 Å². The van der Waals surface area contributed by atoms with Crippen LogP contribution >= 0.6 is 0 Å². The number of aromatic nitrogens is 3. The zero-order valence-electron chi connectivity index (χ0n) is 16.6. The second-order valence-corrected chi connectivity index (χ2v) is 7.25. The van der Waals surface area contributed by atoms with Crippen LogP contribution in [0.4, 0.5) is 0 Å². The van der Waals surface area contributed by atoms with Crippen LogP contribution in [0.25, 0.3) is 5.65 Å². The molecule has 1 saturated carbocycles. The number of hydrogen-bond acceptors (Lipinski definition) is 4. The van der Waals surface area contributed by atoms with Crippen LogP contribution in [0.5, 0.6) is 0 Å². The standard InChI is InChI=1S/C20H32N6O/c1-3-21-19(22-15-18-25-24-17-9-5-8-13-26(17)18)23-16-20(10-6-7-11-20)12-14-27-4-2/h5,8-9,13H,3-4,6-7,10-12,14-16H2,1-2H3,(H2,21,22,23). The molecule has 0 spiro atoms. The largest absolute Gasteiger partial charge is 0.382 e. The molecule has 0 aliphatic heterocycles. The van der Waals surface area contributed by atoms with E-state index in [1.165, 1.54) is 25.7 Å². The lowest BCUT2D eigenvalue weighted by molar-refractivity contribution is 0.105. The first kappa shape index (κ1) is 19.6. The maximum atomic E-state index is 5.62. The third kappa shape index (κ3) is 5.19. The van der Waals surface area contributed by atoms with Crippen molar-refractivity contribution in [3.63, 3.8) is 0 Å². The molecule has 2 aromatic heterocycles. The molecule has 7 nitrogen and oxygen atoms in total. The zero-order chi connectivity index (χ0) is 19.0.